The topological polar surface area (TPSA) is 69.9 Å². The van der Waals surface area contributed by atoms with E-state index in [1.54, 1.807) is 13.1 Å². The van der Waals surface area contributed by atoms with Crippen molar-refractivity contribution in [2.75, 3.05) is 0 Å². The van der Waals surface area contributed by atoms with Crippen LogP contribution in [0, 0.1) is 6.92 Å². The van der Waals surface area contributed by atoms with Crippen molar-refractivity contribution in [3.8, 4) is 0 Å². The minimum atomic E-state index is -0.425. The van der Waals surface area contributed by atoms with Crippen LogP contribution in [0.4, 0.5) is 0 Å². The smallest absolute Gasteiger partial charge is 0.342 e. The minimum absolute atomic E-state index is 0.107. The van der Waals surface area contributed by atoms with Crippen molar-refractivity contribution in [3.05, 3.63) is 77.4 Å². The summed E-state index contributed by atoms with van der Waals surface area (Å²) in [4.78, 5) is 25.0. The second-order valence-electron chi connectivity index (χ2n) is 5.66. The number of esters is 1. The molecule has 0 aliphatic carbocycles. The first-order chi connectivity index (χ1) is 12.2. The van der Waals surface area contributed by atoms with Crippen LogP contribution in [0.2, 0.25) is 0 Å². The Labute approximate surface area is 146 Å². The summed E-state index contributed by atoms with van der Waals surface area (Å²) in [5.74, 6) is 0.918. The fourth-order valence-corrected chi connectivity index (χ4v) is 2.57. The standard InChI is InChI=1S/C19H20N4O2/c1-3-17-16(11-21-14(2)22-17)19(24)25-13-18-20-9-10-23(18)12-15-7-5-4-6-8-15/h4-11H,3,12-13H2,1-2H3. The highest BCUT2D eigenvalue weighted by Gasteiger charge is 2.15. The van der Waals surface area contributed by atoms with Crippen LogP contribution in [-0.4, -0.2) is 25.5 Å². The molecule has 0 atom stereocenters. The largest absolute Gasteiger partial charge is 0.454 e. The molecule has 25 heavy (non-hydrogen) atoms. The van der Waals surface area contributed by atoms with Crippen LogP contribution in [0.25, 0.3) is 0 Å². The normalized spacial score (nSPS) is 10.6. The summed E-state index contributed by atoms with van der Waals surface area (Å²) in [6.45, 7) is 4.54. The maximum absolute atomic E-state index is 12.4. The molecule has 1 aromatic carbocycles. The number of nitrogens with zero attached hydrogens (tertiary/aromatic N) is 4. The van der Waals surface area contributed by atoms with E-state index in [0.29, 0.717) is 35.9 Å². The predicted molar refractivity (Wildman–Crippen MR) is 93.0 cm³/mol. The van der Waals surface area contributed by atoms with Crippen LogP contribution in [0.15, 0.2) is 48.9 Å². The molecule has 6 nitrogen and oxygen atoms in total. The van der Waals surface area contributed by atoms with E-state index in [1.165, 1.54) is 6.20 Å². The number of carbonyl (C=O) groups is 1. The van der Waals surface area contributed by atoms with Gasteiger partial charge in [-0.05, 0) is 18.9 Å². The highest BCUT2D eigenvalue weighted by Crippen LogP contribution is 2.11. The number of carbonyl (C=O) groups excluding carboxylic acids is 1. The molecule has 3 aromatic rings. The molecular formula is C19H20N4O2. The van der Waals surface area contributed by atoms with Gasteiger partial charge in [0.05, 0.1) is 11.3 Å². The third kappa shape index (κ3) is 4.09. The van der Waals surface area contributed by atoms with E-state index in [1.807, 2.05) is 48.0 Å². The molecule has 0 bridgehead atoms. The molecule has 0 aliphatic rings. The van der Waals surface area contributed by atoms with Crippen molar-refractivity contribution in [1.29, 1.82) is 0 Å². The Bertz CT molecular complexity index is 859. The molecule has 0 spiro atoms. The molecule has 2 heterocycles. The molecule has 6 heteroatoms. The number of aromatic nitrogens is 4. The van der Waals surface area contributed by atoms with Gasteiger partial charge in [0.15, 0.2) is 0 Å². The first kappa shape index (κ1) is 16.8. The number of hydrogen-bond donors (Lipinski definition) is 0. The highest BCUT2D eigenvalue weighted by atomic mass is 16.5. The Balaban J connectivity index is 1.68. The number of rotatable bonds is 6. The summed E-state index contributed by atoms with van der Waals surface area (Å²) in [5.41, 5.74) is 2.27. The average Bonchev–Trinajstić information content (AvgIpc) is 3.07. The van der Waals surface area contributed by atoms with E-state index in [9.17, 15) is 4.79 Å². The van der Waals surface area contributed by atoms with E-state index in [4.69, 9.17) is 4.74 Å². The quantitative estimate of drug-likeness (QED) is 0.647. The lowest BCUT2D eigenvalue weighted by Gasteiger charge is -2.10. The zero-order chi connectivity index (χ0) is 17.6. The summed E-state index contributed by atoms with van der Waals surface area (Å²) in [6, 6.07) is 10.1. The first-order valence-electron chi connectivity index (χ1n) is 8.21. The number of benzene rings is 1. The molecule has 0 fully saturated rings. The van der Waals surface area contributed by atoms with Crippen molar-refractivity contribution in [2.45, 2.75) is 33.4 Å². The molecule has 0 radical (unpaired) electrons. The fourth-order valence-electron chi connectivity index (χ4n) is 2.57. The highest BCUT2D eigenvalue weighted by molar-refractivity contribution is 5.90. The second kappa shape index (κ2) is 7.70. The number of ether oxygens (including phenoxy) is 1. The maximum Gasteiger partial charge on any atom is 0.342 e. The molecule has 0 N–H and O–H groups in total. The number of imidazole rings is 1. The number of hydrogen-bond acceptors (Lipinski definition) is 5. The Morgan fingerprint density at radius 2 is 2.00 bits per heavy atom. The van der Waals surface area contributed by atoms with Gasteiger partial charge in [0.1, 0.15) is 18.3 Å². The van der Waals surface area contributed by atoms with Gasteiger partial charge in [-0.3, -0.25) is 0 Å². The van der Waals surface area contributed by atoms with Crippen molar-refractivity contribution in [2.24, 2.45) is 0 Å². The van der Waals surface area contributed by atoms with Crippen LogP contribution in [-0.2, 0) is 24.3 Å². The molecular weight excluding hydrogens is 316 g/mol. The molecule has 0 unspecified atom stereocenters. The molecule has 0 aliphatic heterocycles. The Morgan fingerprint density at radius 1 is 1.20 bits per heavy atom. The summed E-state index contributed by atoms with van der Waals surface area (Å²) in [7, 11) is 0. The fraction of sp³-hybridized carbons (Fsp3) is 0.263. The van der Waals surface area contributed by atoms with Gasteiger partial charge in [-0.25, -0.2) is 19.7 Å². The Morgan fingerprint density at radius 3 is 2.76 bits per heavy atom. The van der Waals surface area contributed by atoms with Gasteiger partial charge < -0.3 is 9.30 Å². The van der Waals surface area contributed by atoms with Crippen molar-refractivity contribution in [3.63, 3.8) is 0 Å². The van der Waals surface area contributed by atoms with Gasteiger partial charge in [-0.15, -0.1) is 0 Å². The van der Waals surface area contributed by atoms with Crippen LogP contribution in [0.1, 0.15) is 40.2 Å². The van der Waals surface area contributed by atoms with E-state index in [0.717, 1.165) is 5.56 Å². The maximum atomic E-state index is 12.4. The SMILES string of the molecule is CCc1nc(C)ncc1C(=O)OCc1nccn1Cc1ccccc1. The Hall–Kier alpha value is -3.02. The summed E-state index contributed by atoms with van der Waals surface area (Å²) in [6.07, 6.45) is 5.76. The third-order valence-electron chi connectivity index (χ3n) is 3.87. The van der Waals surface area contributed by atoms with Crippen molar-refractivity contribution < 1.29 is 9.53 Å². The summed E-state index contributed by atoms with van der Waals surface area (Å²) >= 11 is 0. The van der Waals surface area contributed by atoms with Crippen LogP contribution < -0.4 is 0 Å². The van der Waals surface area contributed by atoms with Crippen molar-refractivity contribution in [1.82, 2.24) is 19.5 Å². The van der Waals surface area contributed by atoms with Gasteiger partial charge in [-0.2, -0.15) is 0 Å². The molecule has 0 saturated carbocycles. The summed E-state index contributed by atoms with van der Waals surface area (Å²) in [5, 5.41) is 0. The zero-order valence-electron chi connectivity index (χ0n) is 14.3. The van der Waals surface area contributed by atoms with Gasteiger partial charge in [0.2, 0.25) is 0 Å². The summed E-state index contributed by atoms with van der Waals surface area (Å²) < 4.78 is 7.40. The molecule has 0 amide bonds. The van der Waals surface area contributed by atoms with Crippen molar-refractivity contribution >= 4 is 5.97 Å². The molecule has 2 aromatic heterocycles. The van der Waals surface area contributed by atoms with Gasteiger partial charge in [0, 0.05) is 25.1 Å². The Kier molecular flexibility index (Phi) is 5.18. The van der Waals surface area contributed by atoms with Gasteiger partial charge in [-0.1, -0.05) is 37.3 Å². The average molecular weight is 336 g/mol. The molecule has 0 saturated heterocycles. The zero-order valence-corrected chi connectivity index (χ0v) is 14.3. The predicted octanol–water partition coefficient (Wildman–Crippen LogP) is 2.95. The van der Waals surface area contributed by atoms with Crippen LogP contribution in [0.5, 0.6) is 0 Å². The first-order valence-corrected chi connectivity index (χ1v) is 8.21. The van der Waals surface area contributed by atoms with E-state index >= 15 is 0 Å². The molecule has 3 rings (SSSR count). The molecule has 128 valence electrons. The second-order valence-corrected chi connectivity index (χ2v) is 5.66. The number of aryl methyl sites for hydroxylation is 2. The van der Waals surface area contributed by atoms with Gasteiger partial charge >= 0.3 is 5.97 Å². The third-order valence-corrected chi connectivity index (χ3v) is 3.87. The lowest BCUT2D eigenvalue weighted by atomic mass is 10.2. The lowest BCUT2D eigenvalue weighted by Crippen LogP contribution is -2.13. The van der Waals surface area contributed by atoms with E-state index in [2.05, 4.69) is 15.0 Å². The minimum Gasteiger partial charge on any atom is -0.454 e. The van der Waals surface area contributed by atoms with Crippen LogP contribution in [0.3, 0.4) is 0 Å². The van der Waals surface area contributed by atoms with E-state index < -0.39 is 5.97 Å². The van der Waals surface area contributed by atoms with E-state index in [-0.39, 0.29) is 6.61 Å². The monoisotopic (exact) mass is 336 g/mol. The van der Waals surface area contributed by atoms with Crippen LogP contribution >= 0.6 is 0 Å². The lowest BCUT2D eigenvalue weighted by molar-refractivity contribution is 0.0456. The van der Waals surface area contributed by atoms with Gasteiger partial charge in [0.25, 0.3) is 0 Å².